The maximum absolute atomic E-state index is 11.2. The number of nitrogens with one attached hydrogen (secondary N) is 1. The third kappa shape index (κ3) is 2.91. The molecule has 1 N–H and O–H groups in total. The van der Waals surface area contributed by atoms with E-state index in [1.54, 1.807) is 19.2 Å². The first-order valence-electron chi connectivity index (χ1n) is 6.20. The Morgan fingerprint density at radius 1 is 1.50 bits per heavy atom. The summed E-state index contributed by atoms with van der Waals surface area (Å²) in [5.41, 5.74) is 1.35. The van der Waals surface area contributed by atoms with Gasteiger partial charge in [-0.3, -0.25) is 10.1 Å². The van der Waals surface area contributed by atoms with Crippen LogP contribution in [-0.4, -0.2) is 25.1 Å². The zero-order valence-electron chi connectivity index (χ0n) is 11.4. The number of nitro groups is 1. The highest BCUT2D eigenvalue weighted by molar-refractivity contribution is 5.76. The quantitative estimate of drug-likeness (QED) is 0.622. The highest BCUT2D eigenvalue weighted by atomic mass is 16.6. The van der Waals surface area contributed by atoms with Gasteiger partial charge in [0.25, 0.3) is 0 Å². The second kappa shape index (κ2) is 6.23. The van der Waals surface area contributed by atoms with E-state index in [1.165, 1.54) is 0 Å². The van der Waals surface area contributed by atoms with Crippen LogP contribution in [0.25, 0.3) is 0 Å². The summed E-state index contributed by atoms with van der Waals surface area (Å²) < 4.78 is 0. The molecule has 1 rings (SSSR count). The minimum absolute atomic E-state index is 0.144. The average molecular weight is 251 g/mol. The summed E-state index contributed by atoms with van der Waals surface area (Å²) >= 11 is 0. The molecule has 0 saturated carbocycles. The summed E-state index contributed by atoms with van der Waals surface area (Å²) in [7, 11) is 3.60. The van der Waals surface area contributed by atoms with E-state index in [0.717, 1.165) is 12.8 Å². The van der Waals surface area contributed by atoms with Crippen molar-refractivity contribution in [2.45, 2.75) is 32.7 Å². The molecule has 0 radical (unpaired) electrons. The molecule has 0 aromatic heterocycles. The molecule has 0 spiro atoms. The Morgan fingerprint density at radius 3 is 2.67 bits per heavy atom. The van der Waals surface area contributed by atoms with Crippen molar-refractivity contribution in [3.8, 4) is 0 Å². The maximum Gasteiger partial charge on any atom is 0.315 e. The second-order valence-corrected chi connectivity index (χ2v) is 4.43. The fraction of sp³-hybridized carbons (Fsp3) is 0.538. The van der Waals surface area contributed by atoms with Crippen molar-refractivity contribution < 1.29 is 4.92 Å². The fourth-order valence-electron chi connectivity index (χ4n) is 2.06. The molecule has 18 heavy (non-hydrogen) atoms. The standard InChI is InChI=1S/C13H21N3O2/c1-5-7-10(2)15(4)12-9-6-8-11(14-3)13(12)16(17)18/h6,8-10,14H,5,7H2,1-4H3. The van der Waals surface area contributed by atoms with Crippen molar-refractivity contribution in [1.82, 2.24) is 0 Å². The molecule has 100 valence electrons. The van der Waals surface area contributed by atoms with Gasteiger partial charge in [-0.05, 0) is 25.5 Å². The summed E-state index contributed by atoms with van der Waals surface area (Å²) in [6, 6.07) is 5.63. The second-order valence-electron chi connectivity index (χ2n) is 4.43. The van der Waals surface area contributed by atoms with Crippen LogP contribution in [0.1, 0.15) is 26.7 Å². The number of nitrogens with zero attached hydrogens (tertiary/aromatic N) is 2. The van der Waals surface area contributed by atoms with Crippen LogP contribution in [0.5, 0.6) is 0 Å². The van der Waals surface area contributed by atoms with Gasteiger partial charge in [0.1, 0.15) is 11.4 Å². The Hall–Kier alpha value is -1.78. The van der Waals surface area contributed by atoms with E-state index in [9.17, 15) is 10.1 Å². The topological polar surface area (TPSA) is 58.4 Å². The van der Waals surface area contributed by atoms with E-state index in [0.29, 0.717) is 11.4 Å². The van der Waals surface area contributed by atoms with Gasteiger partial charge in [0.05, 0.1) is 4.92 Å². The number of benzene rings is 1. The molecule has 0 bridgehead atoms. The van der Waals surface area contributed by atoms with E-state index in [-0.39, 0.29) is 16.7 Å². The number of hydrogen-bond donors (Lipinski definition) is 1. The number of nitro benzene ring substituents is 1. The molecule has 0 fully saturated rings. The lowest BCUT2D eigenvalue weighted by Crippen LogP contribution is -2.29. The fourth-order valence-corrected chi connectivity index (χ4v) is 2.06. The molecule has 5 heteroatoms. The Bertz CT molecular complexity index is 421. The zero-order valence-corrected chi connectivity index (χ0v) is 11.4. The van der Waals surface area contributed by atoms with Gasteiger partial charge in [0.15, 0.2) is 0 Å². The highest BCUT2D eigenvalue weighted by Gasteiger charge is 2.23. The van der Waals surface area contributed by atoms with Crippen LogP contribution in [-0.2, 0) is 0 Å². The summed E-state index contributed by atoms with van der Waals surface area (Å²) in [6.07, 6.45) is 2.07. The first kappa shape index (κ1) is 14.3. The van der Waals surface area contributed by atoms with E-state index in [1.807, 2.05) is 18.0 Å². The van der Waals surface area contributed by atoms with Crippen molar-refractivity contribution in [3.63, 3.8) is 0 Å². The van der Waals surface area contributed by atoms with Gasteiger partial charge in [-0.1, -0.05) is 19.4 Å². The third-order valence-corrected chi connectivity index (χ3v) is 3.21. The summed E-state index contributed by atoms with van der Waals surface area (Å²) in [4.78, 5) is 12.9. The van der Waals surface area contributed by atoms with Gasteiger partial charge < -0.3 is 10.2 Å². The van der Waals surface area contributed by atoms with E-state index in [4.69, 9.17) is 0 Å². The van der Waals surface area contributed by atoms with Gasteiger partial charge in [-0.15, -0.1) is 0 Å². The molecule has 5 nitrogen and oxygen atoms in total. The number of hydrogen-bond acceptors (Lipinski definition) is 4. The van der Waals surface area contributed by atoms with Crippen LogP contribution < -0.4 is 10.2 Å². The third-order valence-electron chi connectivity index (χ3n) is 3.21. The Balaban J connectivity index is 3.19. The average Bonchev–Trinajstić information content (AvgIpc) is 2.36. The molecular formula is C13H21N3O2. The Labute approximate surface area is 108 Å². The van der Waals surface area contributed by atoms with Crippen LogP contribution >= 0.6 is 0 Å². The molecular weight excluding hydrogens is 230 g/mol. The lowest BCUT2D eigenvalue weighted by Gasteiger charge is -2.26. The monoisotopic (exact) mass is 251 g/mol. The normalized spacial score (nSPS) is 12.0. The van der Waals surface area contributed by atoms with Crippen LogP contribution in [0.2, 0.25) is 0 Å². The predicted octanol–water partition coefficient (Wildman–Crippen LogP) is 3.26. The summed E-state index contributed by atoms with van der Waals surface area (Å²) in [5.74, 6) is 0. The van der Waals surface area contributed by atoms with E-state index < -0.39 is 0 Å². The molecule has 1 atom stereocenters. The smallest absolute Gasteiger partial charge is 0.315 e. The molecule has 1 unspecified atom stereocenters. The number of para-hydroxylation sites is 1. The Morgan fingerprint density at radius 2 is 2.17 bits per heavy atom. The largest absolute Gasteiger partial charge is 0.382 e. The molecule has 0 aliphatic carbocycles. The van der Waals surface area contributed by atoms with Crippen molar-refractivity contribution >= 4 is 17.1 Å². The zero-order chi connectivity index (χ0) is 13.7. The molecule has 1 aromatic carbocycles. The summed E-state index contributed by atoms with van der Waals surface area (Å²) in [6.45, 7) is 4.20. The molecule has 0 aliphatic heterocycles. The lowest BCUT2D eigenvalue weighted by molar-refractivity contribution is -0.383. The molecule has 1 aromatic rings. The summed E-state index contributed by atoms with van der Waals surface area (Å²) in [5, 5.41) is 14.1. The van der Waals surface area contributed by atoms with Gasteiger partial charge in [-0.25, -0.2) is 0 Å². The first-order valence-corrected chi connectivity index (χ1v) is 6.20. The van der Waals surface area contributed by atoms with Crippen molar-refractivity contribution in [2.24, 2.45) is 0 Å². The molecule has 0 heterocycles. The van der Waals surface area contributed by atoms with Gasteiger partial charge in [0.2, 0.25) is 0 Å². The van der Waals surface area contributed by atoms with Crippen molar-refractivity contribution in [3.05, 3.63) is 28.3 Å². The molecule has 0 amide bonds. The maximum atomic E-state index is 11.2. The minimum Gasteiger partial charge on any atom is -0.382 e. The Kier molecular flexibility index (Phi) is 4.95. The molecule has 0 saturated heterocycles. The minimum atomic E-state index is -0.323. The van der Waals surface area contributed by atoms with Crippen molar-refractivity contribution in [1.29, 1.82) is 0 Å². The molecule has 0 aliphatic rings. The predicted molar refractivity (Wildman–Crippen MR) is 75.4 cm³/mol. The van der Waals surface area contributed by atoms with E-state index >= 15 is 0 Å². The number of anilines is 2. The number of rotatable bonds is 6. The highest BCUT2D eigenvalue weighted by Crippen LogP contribution is 2.35. The SMILES string of the molecule is CCCC(C)N(C)c1cccc(NC)c1[N+](=O)[O-]. The lowest BCUT2D eigenvalue weighted by atomic mass is 10.1. The van der Waals surface area contributed by atoms with Gasteiger partial charge >= 0.3 is 5.69 Å². The first-order chi connectivity index (χ1) is 8.52. The van der Waals surface area contributed by atoms with Crippen molar-refractivity contribution in [2.75, 3.05) is 24.3 Å². The van der Waals surface area contributed by atoms with Crippen LogP contribution in [0.3, 0.4) is 0 Å². The van der Waals surface area contributed by atoms with Gasteiger partial charge in [0, 0.05) is 20.1 Å². The van der Waals surface area contributed by atoms with Crippen LogP contribution in [0.15, 0.2) is 18.2 Å². The van der Waals surface area contributed by atoms with Crippen LogP contribution in [0.4, 0.5) is 17.1 Å². The van der Waals surface area contributed by atoms with Gasteiger partial charge in [-0.2, -0.15) is 0 Å². The van der Waals surface area contributed by atoms with Crippen LogP contribution in [0, 0.1) is 10.1 Å². The van der Waals surface area contributed by atoms with E-state index in [2.05, 4.69) is 19.2 Å².